The molecule has 7 heteroatoms. The molecule has 0 aromatic rings. The summed E-state index contributed by atoms with van der Waals surface area (Å²) in [4.78, 5) is 33.3. The van der Waals surface area contributed by atoms with Crippen LogP contribution in [0.15, 0.2) is 0 Å². The van der Waals surface area contributed by atoms with Crippen LogP contribution in [-0.2, 0) is 14.4 Å². The van der Waals surface area contributed by atoms with Gasteiger partial charge in [-0.25, -0.2) is 4.79 Å². The Morgan fingerprint density at radius 3 is 2.50 bits per heavy atom. The highest BCUT2D eigenvalue weighted by atomic mass is 16.4. The first kappa shape index (κ1) is 14.4. The van der Waals surface area contributed by atoms with E-state index in [1.807, 2.05) is 0 Å². The Morgan fingerprint density at radius 1 is 1.39 bits per heavy atom. The smallest absolute Gasteiger partial charge is 0.326 e. The molecule has 1 rings (SSSR count). The summed E-state index contributed by atoms with van der Waals surface area (Å²) in [5.41, 5.74) is -0.753. The van der Waals surface area contributed by atoms with Crippen LogP contribution in [0.4, 0.5) is 0 Å². The molecule has 2 atom stereocenters. The van der Waals surface area contributed by atoms with Crippen LogP contribution in [-0.4, -0.2) is 46.2 Å². The molecule has 1 aliphatic heterocycles. The van der Waals surface area contributed by atoms with Gasteiger partial charge in [-0.2, -0.15) is 0 Å². The van der Waals surface area contributed by atoms with Crippen molar-refractivity contribution in [2.75, 3.05) is 6.54 Å². The third kappa shape index (κ3) is 3.69. The number of carboxylic acid groups (broad SMARTS) is 2. The number of aliphatic carboxylic acids is 2. The van der Waals surface area contributed by atoms with E-state index >= 15 is 0 Å². The third-order valence-electron chi connectivity index (χ3n) is 3.12. The van der Waals surface area contributed by atoms with E-state index in [-0.39, 0.29) is 12.8 Å². The summed E-state index contributed by atoms with van der Waals surface area (Å²) in [6, 6.07) is -1.16. The monoisotopic (exact) mass is 258 g/mol. The van der Waals surface area contributed by atoms with Crippen LogP contribution in [0.3, 0.4) is 0 Å². The van der Waals surface area contributed by atoms with Gasteiger partial charge in [0.25, 0.3) is 0 Å². The second-order valence-corrected chi connectivity index (χ2v) is 4.66. The first-order valence-electron chi connectivity index (χ1n) is 5.86. The first-order chi connectivity index (χ1) is 8.35. The number of carbonyl (C=O) groups excluding carboxylic acids is 1. The molecule has 102 valence electrons. The summed E-state index contributed by atoms with van der Waals surface area (Å²) in [7, 11) is 0. The fourth-order valence-corrected chi connectivity index (χ4v) is 1.93. The minimum atomic E-state index is -1.22. The number of nitrogens with one attached hydrogen (secondary N) is 2. The van der Waals surface area contributed by atoms with Gasteiger partial charge in [0.2, 0.25) is 5.91 Å². The maximum absolute atomic E-state index is 11.9. The molecule has 0 spiro atoms. The van der Waals surface area contributed by atoms with Gasteiger partial charge in [0.1, 0.15) is 6.04 Å². The summed E-state index contributed by atoms with van der Waals surface area (Å²) in [6.45, 7) is 2.43. The van der Waals surface area contributed by atoms with Crippen molar-refractivity contribution in [3.63, 3.8) is 0 Å². The van der Waals surface area contributed by atoms with Gasteiger partial charge < -0.3 is 20.8 Å². The molecular weight excluding hydrogens is 240 g/mol. The minimum absolute atomic E-state index is 0.119. The maximum atomic E-state index is 11.9. The Kier molecular flexibility index (Phi) is 4.66. The van der Waals surface area contributed by atoms with E-state index in [1.54, 1.807) is 6.92 Å². The number of amides is 1. The fourth-order valence-electron chi connectivity index (χ4n) is 1.93. The highest BCUT2D eigenvalue weighted by molar-refractivity contribution is 5.90. The quantitative estimate of drug-likeness (QED) is 0.513. The van der Waals surface area contributed by atoms with Gasteiger partial charge in [0.05, 0.1) is 5.54 Å². The van der Waals surface area contributed by atoms with E-state index in [0.29, 0.717) is 6.42 Å². The average molecular weight is 258 g/mol. The normalized spacial score (nSPS) is 24.5. The molecule has 0 radical (unpaired) electrons. The van der Waals surface area contributed by atoms with Gasteiger partial charge in [-0.15, -0.1) is 0 Å². The Labute approximate surface area is 105 Å². The molecule has 1 aliphatic rings. The highest BCUT2D eigenvalue weighted by Gasteiger charge is 2.37. The fraction of sp³-hybridized carbons (Fsp3) is 0.727. The molecule has 1 saturated heterocycles. The number of carboxylic acids is 2. The summed E-state index contributed by atoms with van der Waals surface area (Å²) < 4.78 is 0. The van der Waals surface area contributed by atoms with Gasteiger partial charge in [0, 0.05) is 6.42 Å². The second-order valence-electron chi connectivity index (χ2n) is 4.66. The van der Waals surface area contributed by atoms with Crippen molar-refractivity contribution in [3.8, 4) is 0 Å². The van der Waals surface area contributed by atoms with Gasteiger partial charge in [-0.1, -0.05) is 0 Å². The van der Waals surface area contributed by atoms with Gasteiger partial charge in [0.15, 0.2) is 0 Å². The highest BCUT2D eigenvalue weighted by Crippen LogP contribution is 2.18. The summed E-state index contributed by atoms with van der Waals surface area (Å²) in [6.07, 6.45) is 1.09. The Morgan fingerprint density at radius 2 is 2.06 bits per heavy atom. The molecule has 0 bridgehead atoms. The van der Waals surface area contributed by atoms with Crippen molar-refractivity contribution in [1.29, 1.82) is 0 Å². The lowest BCUT2D eigenvalue weighted by Crippen LogP contribution is -2.55. The zero-order valence-corrected chi connectivity index (χ0v) is 10.2. The molecule has 0 aromatic heterocycles. The summed E-state index contributed by atoms with van der Waals surface area (Å²) in [5, 5.41) is 22.9. The molecule has 1 heterocycles. The SMILES string of the molecule is CC1(C(=O)N[C@@H](CCC(=O)O)C(=O)O)CCCN1. The molecular formula is C11H18N2O5. The van der Waals surface area contributed by atoms with Crippen molar-refractivity contribution < 1.29 is 24.6 Å². The van der Waals surface area contributed by atoms with Crippen molar-refractivity contribution in [3.05, 3.63) is 0 Å². The van der Waals surface area contributed by atoms with E-state index in [9.17, 15) is 14.4 Å². The maximum Gasteiger partial charge on any atom is 0.326 e. The lowest BCUT2D eigenvalue weighted by molar-refractivity contribution is -0.144. The van der Waals surface area contributed by atoms with Crippen LogP contribution in [0.2, 0.25) is 0 Å². The number of hydrogen-bond donors (Lipinski definition) is 4. The van der Waals surface area contributed by atoms with E-state index in [0.717, 1.165) is 13.0 Å². The van der Waals surface area contributed by atoms with Crippen LogP contribution < -0.4 is 10.6 Å². The number of hydrogen-bond acceptors (Lipinski definition) is 4. The van der Waals surface area contributed by atoms with Crippen molar-refractivity contribution >= 4 is 17.8 Å². The molecule has 1 amide bonds. The van der Waals surface area contributed by atoms with E-state index in [1.165, 1.54) is 0 Å². The molecule has 0 aromatic carbocycles. The third-order valence-corrected chi connectivity index (χ3v) is 3.12. The Hall–Kier alpha value is -1.63. The molecule has 1 unspecified atom stereocenters. The zero-order chi connectivity index (χ0) is 13.8. The topological polar surface area (TPSA) is 116 Å². The second kappa shape index (κ2) is 5.81. The van der Waals surface area contributed by atoms with Gasteiger partial charge >= 0.3 is 11.9 Å². The lowest BCUT2D eigenvalue weighted by atomic mass is 9.98. The first-order valence-corrected chi connectivity index (χ1v) is 5.86. The molecule has 18 heavy (non-hydrogen) atoms. The van der Waals surface area contributed by atoms with Crippen LogP contribution >= 0.6 is 0 Å². The predicted octanol–water partition coefficient (Wildman–Crippen LogP) is -0.437. The summed E-state index contributed by atoms with van der Waals surface area (Å²) in [5.74, 6) is -2.69. The molecule has 0 aliphatic carbocycles. The predicted molar refractivity (Wildman–Crippen MR) is 62.1 cm³/mol. The molecule has 7 nitrogen and oxygen atoms in total. The van der Waals surface area contributed by atoms with E-state index < -0.39 is 29.4 Å². The van der Waals surface area contributed by atoms with Crippen molar-refractivity contribution in [2.45, 2.75) is 44.2 Å². The van der Waals surface area contributed by atoms with Crippen molar-refractivity contribution in [1.82, 2.24) is 10.6 Å². The van der Waals surface area contributed by atoms with Gasteiger partial charge in [-0.3, -0.25) is 9.59 Å². The van der Waals surface area contributed by atoms with Gasteiger partial charge in [-0.05, 0) is 32.7 Å². The number of rotatable bonds is 6. The molecule has 0 saturated carbocycles. The van der Waals surface area contributed by atoms with Crippen LogP contribution in [0.5, 0.6) is 0 Å². The largest absolute Gasteiger partial charge is 0.481 e. The minimum Gasteiger partial charge on any atom is -0.481 e. The number of carbonyl (C=O) groups is 3. The standard InChI is InChI=1S/C11H18N2O5/c1-11(5-2-6-12-11)10(18)13-7(9(16)17)3-4-8(14)15/h7,12H,2-6H2,1H3,(H,13,18)(H,14,15)(H,16,17)/t7-,11?/m0/s1. The lowest BCUT2D eigenvalue weighted by Gasteiger charge is -2.25. The summed E-state index contributed by atoms with van der Waals surface area (Å²) >= 11 is 0. The average Bonchev–Trinajstić information content (AvgIpc) is 2.71. The zero-order valence-electron chi connectivity index (χ0n) is 10.2. The van der Waals surface area contributed by atoms with E-state index in [2.05, 4.69) is 10.6 Å². The Balaban J connectivity index is 2.57. The van der Waals surface area contributed by atoms with Crippen LogP contribution in [0.1, 0.15) is 32.6 Å². The van der Waals surface area contributed by atoms with Crippen molar-refractivity contribution in [2.24, 2.45) is 0 Å². The van der Waals surface area contributed by atoms with E-state index in [4.69, 9.17) is 10.2 Å². The van der Waals surface area contributed by atoms with Crippen LogP contribution in [0.25, 0.3) is 0 Å². The Bertz CT molecular complexity index is 349. The van der Waals surface area contributed by atoms with Crippen LogP contribution in [0, 0.1) is 0 Å². The molecule has 4 N–H and O–H groups in total. The molecule has 1 fully saturated rings.